The molecule has 1 atom stereocenters. The molecule has 3 N–H and O–H groups in total. The minimum Gasteiger partial charge on any atom is -0.392 e. The first kappa shape index (κ1) is 16.3. The topological polar surface area (TPSA) is 90.9 Å². The predicted octanol–water partition coefficient (Wildman–Crippen LogP) is 2.45. The third-order valence-electron chi connectivity index (χ3n) is 2.78. The lowest BCUT2D eigenvalue weighted by atomic mass is 10.3. The van der Waals surface area contributed by atoms with Crippen molar-refractivity contribution >= 4 is 38.6 Å². The molecule has 0 saturated heterocycles. The van der Waals surface area contributed by atoms with Crippen LogP contribution in [0.2, 0.25) is 0 Å². The Labute approximate surface area is 131 Å². The molecule has 0 spiro atoms. The molecule has 8 heteroatoms. The number of aliphatic hydroxyl groups excluding tert-OH is 1. The highest BCUT2D eigenvalue weighted by Gasteiger charge is 2.11. The van der Waals surface area contributed by atoms with Gasteiger partial charge in [-0.05, 0) is 13.3 Å². The van der Waals surface area contributed by atoms with E-state index in [0.29, 0.717) is 27.2 Å². The van der Waals surface area contributed by atoms with E-state index >= 15 is 0 Å². The number of unbranched alkanes of at least 4 members (excludes halogenated alkanes) is 2. The van der Waals surface area contributed by atoms with Crippen molar-refractivity contribution in [2.45, 2.75) is 44.4 Å². The largest absolute Gasteiger partial charge is 0.392 e. The van der Waals surface area contributed by atoms with Crippen LogP contribution >= 0.6 is 23.1 Å². The van der Waals surface area contributed by atoms with Crippen LogP contribution < -0.4 is 10.9 Å². The van der Waals surface area contributed by atoms with Gasteiger partial charge in [0.25, 0.3) is 5.56 Å². The number of rotatable bonds is 8. The lowest BCUT2D eigenvalue weighted by Gasteiger charge is -2.03. The van der Waals surface area contributed by atoms with Gasteiger partial charge in [0.2, 0.25) is 0 Å². The minimum atomic E-state index is -0.465. The summed E-state index contributed by atoms with van der Waals surface area (Å²) in [5.74, 6) is 0.944. The van der Waals surface area contributed by atoms with Crippen molar-refractivity contribution in [3.05, 3.63) is 10.4 Å². The molecule has 2 aromatic heterocycles. The number of aliphatic hydroxyl groups is 1. The summed E-state index contributed by atoms with van der Waals surface area (Å²) in [5.41, 5.74) is 0.315. The molecular weight excluding hydrogens is 308 g/mol. The SMILES string of the molecule is CCCCCSc1nc2nc(NCC(C)O)sc2c(=O)[nH]1. The van der Waals surface area contributed by atoms with Crippen LogP contribution in [0.3, 0.4) is 0 Å². The molecule has 0 fully saturated rings. The molecule has 0 aliphatic heterocycles. The van der Waals surface area contributed by atoms with Crippen molar-refractivity contribution in [3.63, 3.8) is 0 Å². The van der Waals surface area contributed by atoms with E-state index in [0.717, 1.165) is 12.2 Å². The Morgan fingerprint density at radius 1 is 1.43 bits per heavy atom. The van der Waals surface area contributed by atoms with Crippen LogP contribution in [-0.2, 0) is 0 Å². The van der Waals surface area contributed by atoms with Crippen LogP contribution in [0.15, 0.2) is 9.95 Å². The second kappa shape index (κ2) is 7.77. The summed E-state index contributed by atoms with van der Waals surface area (Å²) in [6.45, 7) is 4.25. The summed E-state index contributed by atoms with van der Waals surface area (Å²) < 4.78 is 0.515. The van der Waals surface area contributed by atoms with Gasteiger partial charge in [0.05, 0.1) is 6.10 Å². The van der Waals surface area contributed by atoms with Gasteiger partial charge in [-0.3, -0.25) is 4.79 Å². The smallest absolute Gasteiger partial charge is 0.271 e. The maximum absolute atomic E-state index is 12.0. The van der Waals surface area contributed by atoms with Crippen molar-refractivity contribution < 1.29 is 5.11 Å². The van der Waals surface area contributed by atoms with E-state index in [2.05, 4.69) is 27.2 Å². The number of hydrogen-bond acceptors (Lipinski definition) is 7. The Balaban J connectivity index is 2.10. The summed E-state index contributed by atoms with van der Waals surface area (Å²) in [6, 6.07) is 0. The second-order valence-electron chi connectivity index (χ2n) is 4.83. The number of thioether (sulfide) groups is 1. The molecule has 0 bridgehead atoms. The van der Waals surface area contributed by atoms with Gasteiger partial charge in [-0.1, -0.05) is 42.9 Å². The minimum absolute atomic E-state index is 0.152. The lowest BCUT2D eigenvalue weighted by molar-refractivity contribution is 0.208. The number of nitrogens with one attached hydrogen (secondary N) is 2. The highest BCUT2D eigenvalue weighted by Crippen LogP contribution is 2.23. The number of hydrogen-bond donors (Lipinski definition) is 3. The quantitative estimate of drug-likeness (QED) is 0.392. The van der Waals surface area contributed by atoms with E-state index in [4.69, 9.17) is 0 Å². The van der Waals surface area contributed by atoms with E-state index in [9.17, 15) is 9.90 Å². The van der Waals surface area contributed by atoms with Crippen molar-refractivity contribution in [1.82, 2.24) is 15.0 Å². The fraction of sp³-hybridized carbons (Fsp3) is 0.615. The maximum Gasteiger partial charge on any atom is 0.271 e. The highest BCUT2D eigenvalue weighted by atomic mass is 32.2. The van der Waals surface area contributed by atoms with Gasteiger partial charge in [-0.2, -0.15) is 4.98 Å². The van der Waals surface area contributed by atoms with Crippen LogP contribution in [0.4, 0.5) is 5.13 Å². The molecule has 2 heterocycles. The molecule has 0 aromatic carbocycles. The van der Waals surface area contributed by atoms with Crippen molar-refractivity contribution in [3.8, 4) is 0 Å². The van der Waals surface area contributed by atoms with Gasteiger partial charge in [0, 0.05) is 12.3 Å². The Morgan fingerprint density at radius 3 is 2.95 bits per heavy atom. The average Bonchev–Trinajstić information content (AvgIpc) is 2.85. The molecule has 0 aliphatic rings. The zero-order valence-corrected chi connectivity index (χ0v) is 13.8. The van der Waals surface area contributed by atoms with E-state index in [1.807, 2.05) is 0 Å². The summed E-state index contributed by atoms with van der Waals surface area (Å²) in [7, 11) is 0. The molecule has 0 saturated carbocycles. The molecule has 0 radical (unpaired) electrons. The standard InChI is InChI=1S/C13H20N4O2S2/c1-3-4-5-6-20-13-16-10-9(11(19)17-13)21-12(15-10)14-7-8(2)18/h8,18H,3-7H2,1-2H3,(H2,14,15,16,17,19). The molecule has 0 amide bonds. The van der Waals surface area contributed by atoms with Gasteiger partial charge in [-0.15, -0.1) is 0 Å². The second-order valence-corrected chi connectivity index (χ2v) is 6.91. The Kier molecular flexibility index (Phi) is 6.01. The van der Waals surface area contributed by atoms with E-state index in [1.165, 1.54) is 24.2 Å². The molecule has 2 rings (SSSR count). The summed E-state index contributed by atoms with van der Waals surface area (Å²) in [6.07, 6.45) is 3.01. The third-order valence-corrected chi connectivity index (χ3v) is 4.74. The maximum atomic E-state index is 12.0. The zero-order valence-electron chi connectivity index (χ0n) is 12.2. The summed E-state index contributed by atoms with van der Waals surface area (Å²) >= 11 is 2.81. The molecule has 0 aliphatic carbocycles. The third kappa shape index (κ3) is 4.69. The van der Waals surface area contributed by atoms with Crippen molar-refractivity contribution in [2.75, 3.05) is 17.6 Å². The first-order valence-electron chi connectivity index (χ1n) is 7.05. The molecule has 21 heavy (non-hydrogen) atoms. The highest BCUT2D eigenvalue weighted by molar-refractivity contribution is 7.99. The van der Waals surface area contributed by atoms with Crippen LogP contribution in [-0.4, -0.2) is 38.5 Å². The van der Waals surface area contributed by atoms with Crippen molar-refractivity contribution in [1.29, 1.82) is 0 Å². The fourth-order valence-electron chi connectivity index (χ4n) is 1.71. The van der Waals surface area contributed by atoms with Gasteiger partial charge in [0.1, 0.15) is 4.70 Å². The molecule has 2 aromatic rings. The average molecular weight is 328 g/mol. The van der Waals surface area contributed by atoms with Gasteiger partial charge in [-0.25, -0.2) is 4.98 Å². The van der Waals surface area contributed by atoms with Crippen LogP contribution in [0, 0.1) is 0 Å². The van der Waals surface area contributed by atoms with E-state index in [-0.39, 0.29) is 5.56 Å². The zero-order chi connectivity index (χ0) is 15.2. The number of nitrogens with zero attached hydrogens (tertiary/aromatic N) is 2. The molecular formula is C13H20N4O2S2. The van der Waals surface area contributed by atoms with Gasteiger partial charge in [0.15, 0.2) is 15.9 Å². The first-order valence-corrected chi connectivity index (χ1v) is 8.86. The van der Waals surface area contributed by atoms with E-state index < -0.39 is 6.10 Å². The molecule has 1 unspecified atom stereocenters. The van der Waals surface area contributed by atoms with Gasteiger partial charge < -0.3 is 15.4 Å². The summed E-state index contributed by atoms with van der Waals surface area (Å²) in [5, 5.41) is 13.5. The first-order chi connectivity index (χ1) is 10.1. The fourth-order valence-corrected chi connectivity index (χ4v) is 3.38. The summed E-state index contributed by atoms with van der Waals surface area (Å²) in [4.78, 5) is 23.5. The van der Waals surface area contributed by atoms with Crippen LogP contribution in [0.25, 0.3) is 10.3 Å². The number of H-pyrrole nitrogens is 1. The lowest BCUT2D eigenvalue weighted by Crippen LogP contribution is -2.14. The number of anilines is 1. The number of fused-ring (bicyclic) bond motifs is 1. The van der Waals surface area contributed by atoms with Crippen LogP contribution in [0.5, 0.6) is 0 Å². The van der Waals surface area contributed by atoms with Crippen LogP contribution in [0.1, 0.15) is 33.1 Å². The predicted molar refractivity (Wildman–Crippen MR) is 88.5 cm³/mol. The Morgan fingerprint density at radius 2 is 2.24 bits per heavy atom. The molecule has 6 nitrogen and oxygen atoms in total. The Bertz CT molecular complexity index is 639. The number of aromatic nitrogens is 3. The normalized spacial score (nSPS) is 12.7. The van der Waals surface area contributed by atoms with E-state index in [1.54, 1.807) is 18.7 Å². The van der Waals surface area contributed by atoms with Gasteiger partial charge >= 0.3 is 0 Å². The monoisotopic (exact) mass is 328 g/mol. The Hall–Kier alpha value is -1.12. The number of aromatic amines is 1. The number of thiazole rings is 1. The molecule has 116 valence electrons. The van der Waals surface area contributed by atoms with Crippen molar-refractivity contribution in [2.24, 2.45) is 0 Å².